The smallest absolute Gasteiger partial charge is 0.211 e. The maximum Gasteiger partial charge on any atom is 0.211 e. The number of nitrogens with zero attached hydrogens (tertiary/aromatic N) is 2. The number of sulfonamides is 1. The van der Waals surface area contributed by atoms with Gasteiger partial charge in [0.05, 0.1) is 12.4 Å². The predicted octanol–water partition coefficient (Wildman–Crippen LogP) is -0.140. The van der Waals surface area contributed by atoms with Crippen molar-refractivity contribution in [3.63, 3.8) is 0 Å². The van der Waals surface area contributed by atoms with Crippen molar-refractivity contribution in [2.24, 2.45) is 10.9 Å². The van der Waals surface area contributed by atoms with Gasteiger partial charge in [-0.1, -0.05) is 0 Å². The van der Waals surface area contributed by atoms with E-state index in [1.54, 1.807) is 14.0 Å². The average Bonchev–Trinajstić information content (AvgIpc) is 2.95. The first-order valence-corrected chi connectivity index (χ1v) is 9.10. The Labute approximate surface area is 128 Å². The molecule has 1 heterocycles. The van der Waals surface area contributed by atoms with Crippen molar-refractivity contribution in [1.29, 1.82) is 0 Å². The Morgan fingerprint density at radius 2 is 2.19 bits per heavy atom. The minimum atomic E-state index is -3.09. The fourth-order valence-corrected chi connectivity index (χ4v) is 2.86. The maximum atomic E-state index is 11.3. The Balaban J connectivity index is 2.21. The summed E-state index contributed by atoms with van der Waals surface area (Å²) < 4.78 is 30.5. The molecule has 0 aromatic rings. The Bertz CT molecular complexity index is 419. The van der Waals surface area contributed by atoms with Crippen LogP contribution in [0, 0.1) is 5.92 Å². The molecule has 8 heteroatoms. The van der Waals surface area contributed by atoms with Crippen LogP contribution in [-0.4, -0.2) is 72.0 Å². The molecule has 0 amide bonds. The first-order valence-electron chi connectivity index (χ1n) is 7.45. The van der Waals surface area contributed by atoms with Crippen molar-refractivity contribution in [2.75, 3.05) is 52.7 Å². The monoisotopic (exact) mass is 320 g/mol. The summed E-state index contributed by atoms with van der Waals surface area (Å²) in [5, 5.41) is 3.25. The fourth-order valence-electron chi connectivity index (χ4n) is 2.20. The van der Waals surface area contributed by atoms with Gasteiger partial charge in [-0.15, -0.1) is 0 Å². The van der Waals surface area contributed by atoms with E-state index in [0.29, 0.717) is 19.0 Å². The zero-order chi connectivity index (χ0) is 15.7. The molecule has 1 unspecified atom stereocenters. The summed E-state index contributed by atoms with van der Waals surface area (Å²) in [5.74, 6) is 1.51. The normalized spacial score (nSPS) is 19.8. The van der Waals surface area contributed by atoms with Gasteiger partial charge >= 0.3 is 0 Å². The van der Waals surface area contributed by atoms with Crippen LogP contribution >= 0.6 is 0 Å². The molecule has 0 saturated carbocycles. The molecule has 124 valence electrons. The number of guanidine groups is 1. The minimum Gasteiger partial charge on any atom is -0.381 e. The summed E-state index contributed by atoms with van der Waals surface area (Å²) in [6.45, 7) is 5.35. The topological polar surface area (TPSA) is 83.0 Å². The lowest BCUT2D eigenvalue weighted by molar-refractivity contribution is 0.181. The van der Waals surface area contributed by atoms with Gasteiger partial charge in [0.1, 0.15) is 0 Å². The summed E-state index contributed by atoms with van der Waals surface area (Å²) in [5.41, 5.74) is 0. The van der Waals surface area contributed by atoms with Crippen LogP contribution < -0.4 is 10.0 Å². The van der Waals surface area contributed by atoms with Crippen LogP contribution in [0.5, 0.6) is 0 Å². The van der Waals surface area contributed by atoms with E-state index in [9.17, 15) is 8.42 Å². The molecule has 1 rings (SSSR count). The molecule has 1 saturated heterocycles. The van der Waals surface area contributed by atoms with E-state index < -0.39 is 10.0 Å². The van der Waals surface area contributed by atoms with Crippen LogP contribution in [0.25, 0.3) is 0 Å². The largest absolute Gasteiger partial charge is 0.381 e. The second kappa shape index (κ2) is 9.22. The molecule has 0 aromatic carbocycles. The maximum absolute atomic E-state index is 11.3. The summed E-state index contributed by atoms with van der Waals surface area (Å²) in [4.78, 5) is 6.34. The second-order valence-corrected chi connectivity index (χ2v) is 7.33. The summed E-state index contributed by atoms with van der Waals surface area (Å²) >= 11 is 0. The van der Waals surface area contributed by atoms with Crippen molar-refractivity contribution < 1.29 is 13.2 Å². The molecule has 0 spiro atoms. The molecular formula is C13H28N4O3S. The van der Waals surface area contributed by atoms with Crippen LogP contribution in [0.2, 0.25) is 0 Å². The van der Waals surface area contributed by atoms with E-state index in [0.717, 1.165) is 38.6 Å². The summed E-state index contributed by atoms with van der Waals surface area (Å²) in [6.07, 6.45) is 1.82. The third kappa shape index (κ3) is 7.10. The number of ether oxygens (including phenoxy) is 1. The van der Waals surface area contributed by atoms with Crippen molar-refractivity contribution in [1.82, 2.24) is 14.9 Å². The van der Waals surface area contributed by atoms with E-state index in [1.807, 2.05) is 7.05 Å². The van der Waals surface area contributed by atoms with E-state index in [-0.39, 0.29) is 5.75 Å². The van der Waals surface area contributed by atoms with Crippen molar-refractivity contribution >= 4 is 16.0 Å². The van der Waals surface area contributed by atoms with Crippen LogP contribution in [0.3, 0.4) is 0 Å². The molecule has 21 heavy (non-hydrogen) atoms. The Hall–Kier alpha value is -0.860. The van der Waals surface area contributed by atoms with Gasteiger partial charge in [0.15, 0.2) is 5.96 Å². The number of aliphatic imine (C=N–C) groups is 1. The van der Waals surface area contributed by atoms with Gasteiger partial charge in [0, 0.05) is 46.3 Å². The fraction of sp³-hybridized carbons (Fsp3) is 0.923. The molecule has 1 aliphatic rings. The van der Waals surface area contributed by atoms with Gasteiger partial charge in [-0.3, -0.25) is 4.99 Å². The molecule has 0 bridgehead atoms. The number of hydrogen-bond acceptors (Lipinski definition) is 4. The molecule has 0 aromatic heterocycles. The van der Waals surface area contributed by atoms with Gasteiger partial charge in [-0.25, -0.2) is 13.1 Å². The number of rotatable bonds is 8. The van der Waals surface area contributed by atoms with Crippen molar-refractivity contribution in [2.45, 2.75) is 19.8 Å². The van der Waals surface area contributed by atoms with E-state index >= 15 is 0 Å². The highest BCUT2D eigenvalue weighted by Gasteiger charge is 2.18. The zero-order valence-corrected chi connectivity index (χ0v) is 14.1. The Kier molecular flexibility index (Phi) is 7.98. The third-order valence-electron chi connectivity index (χ3n) is 3.47. The van der Waals surface area contributed by atoms with Gasteiger partial charge < -0.3 is 15.0 Å². The quantitative estimate of drug-likeness (QED) is 0.369. The first-order chi connectivity index (χ1) is 9.98. The highest BCUT2D eigenvalue weighted by molar-refractivity contribution is 7.89. The predicted molar refractivity (Wildman–Crippen MR) is 85.0 cm³/mol. The van der Waals surface area contributed by atoms with Crippen molar-refractivity contribution in [3.8, 4) is 0 Å². The number of hydrogen-bond donors (Lipinski definition) is 2. The molecule has 1 aliphatic heterocycles. The first kappa shape index (κ1) is 18.2. The van der Waals surface area contributed by atoms with Gasteiger partial charge in [-0.05, 0) is 19.8 Å². The minimum absolute atomic E-state index is 0.119. The lowest BCUT2D eigenvalue weighted by Gasteiger charge is -2.24. The van der Waals surface area contributed by atoms with Gasteiger partial charge in [0.25, 0.3) is 0 Å². The lowest BCUT2D eigenvalue weighted by atomic mass is 10.1. The van der Waals surface area contributed by atoms with Crippen LogP contribution in [0.4, 0.5) is 0 Å². The summed E-state index contributed by atoms with van der Waals surface area (Å²) in [7, 11) is 0.671. The molecule has 2 N–H and O–H groups in total. The standard InChI is InChI=1S/C13H28N4O3S/c1-4-21(18,19)16-8-5-7-15-13(14-2)17(3)10-12-6-9-20-11-12/h12,16H,4-11H2,1-3H3,(H,14,15). The lowest BCUT2D eigenvalue weighted by Crippen LogP contribution is -2.42. The second-order valence-electron chi connectivity index (χ2n) is 5.24. The van der Waals surface area contributed by atoms with E-state index in [4.69, 9.17) is 4.74 Å². The van der Waals surface area contributed by atoms with Crippen molar-refractivity contribution in [3.05, 3.63) is 0 Å². The highest BCUT2D eigenvalue weighted by atomic mass is 32.2. The summed E-state index contributed by atoms with van der Waals surface area (Å²) in [6, 6.07) is 0. The Morgan fingerprint density at radius 1 is 1.43 bits per heavy atom. The molecule has 1 fully saturated rings. The van der Waals surface area contributed by atoms with Crippen LogP contribution in [0.15, 0.2) is 4.99 Å². The molecule has 0 aliphatic carbocycles. The molecule has 7 nitrogen and oxygen atoms in total. The molecule has 1 atom stereocenters. The molecule has 0 radical (unpaired) electrons. The van der Waals surface area contributed by atoms with Gasteiger partial charge in [0.2, 0.25) is 10.0 Å². The van der Waals surface area contributed by atoms with Crippen LogP contribution in [-0.2, 0) is 14.8 Å². The zero-order valence-electron chi connectivity index (χ0n) is 13.3. The SMILES string of the molecule is CCS(=O)(=O)NCCCNC(=NC)N(C)CC1CCOC1. The van der Waals surface area contributed by atoms with Crippen LogP contribution in [0.1, 0.15) is 19.8 Å². The van der Waals surface area contributed by atoms with E-state index in [2.05, 4.69) is 19.9 Å². The Morgan fingerprint density at radius 3 is 2.76 bits per heavy atom. The average molecular weight is 320 g/mol. The highest BCUT2D eigenvalue weighted by Crippen LogP contribution is 2.13. The van der Waals surface area contributed by atoms with E-state index in [1.165, 1.54) is 0 Å². The van der Waals surface area contributed by atoms with Gasteiger partial charge in [-0.2, -0.15) is 0 Å². The number of nitrogens with one attached hydrogen (secondary N) is 2. The third-order valence-corrected chi connectivity index (χ3v) is 4.87. The molecular weight excluding hydrogens is 292 g/mol.